The van der Waals surface area contributed by atoms with Crippen LogP contribution in [0.1, 0.15) is 42.1 Å². The second kappa shape index (κ2) is 8.28. The Morgan fingerprint density at radius 1 is 1.16 bits per heavy atom. The normalized spacial score (nSPS) is 11.6. The number of carbonyl (C=O) groups excluding carboxylic acids is 1. The van der Waals surface area contributed by atoms with Crippen molar-refractivity contribution >= 4 is 11.5 Å². The second-order valence-corrected chi connectivity index (χ2v) is 5.74. The smallest absolute Gasteiger partial charge is 0.273 e. The molecule has 0 aliphatic rings. The van der Waals surface area contributed by atoms with Crippen molar-refractivity contribution in [3.63, 3.8) is 0 Å². The van der Waals surface area contributed by atoms with Crippen LogP contribution in [0.4, 0.5) is 5.69 Å². The van der Waals surface area contributed by atoms with E-state index < -0.39 is 4.92 Å². The number of nitrogens with zero attached hydrogens (tertiary/aromatic N) is 1. The molecule has 2 aromatic rings. The van der Waals surface area contributed by atoms with Gasteiger partial charge in [-0.2, -0.15) is 0 Å². The summed E-state index contributed by atoms with van der Waals surface area (Å²) in [6.07, 6.45) is 1.04. The molecule has 2 rings (SSSR count). The number of methoxy groups -OCH3 is 1. The molecule has 1 unspecified atom stereocenters. The first-order valence-electron chi connectivity index (χ1n) is 8.04. The predicted molar refractivity (Wildman–Crippen MR) is 94.6 cm³/mol. The zero-order chi connectivity index (χ0) is 18.4. The van der Waals surface area contributed by atoms with E-state index in [1.54, 1.807) is 12.1 Å². The topological polar surface area (TPSA) is 78.7 Å². The van der Waals surface area contributed by atoms with Crippen molar-refractivity contribution < 1.29 is 19.2 Å². The lowest BCUT2D eigenvalue weighted by atomic mass is 9.97. The predicted octanol–water partition coefficient (Wildman–Crippen LogP) is 4.38. The summed E-state index contributed by atoms with van der Waals surface area (Å²) < 4.78 is 10.6. The van der Waals surface area contributed by atoms with Gasteiger partial charge in [-0.25, -0.2) is 0 Å². The van der Waals surface area contributed by atoms with Crippen molar-refractivity contribution in [1.29, 1.82) is 0 Å². The zero-order valence-corrected chi connectivity index (χ0v) is 14.5. The van der Waals surface area contributed by atoms with E-state index in [1.807, 2.05) is 12.1 Å². The molecule has 0 N–H and O–H groups in total. The Morgan fingerprint density at radius 3 is 2.40 bits per heavy atom. The molecule has 0 saturated heterocycles. The molecular formula is C19H21NO5. The lowest BCUT2D eigenvalue weighted by Gasteiger charge is -2.11. The number of nitro benzene ring substituents is 1. The minimum absolute atomic E-state index is 0.101. The molecule has 0 aliphatic heterocycles. The van der Waals surface area contributed by atoms with Crippen LogP contribution in [-0.4, -0.2) is 24.4 Å². The van der Waals surface area contributed by atoms with Gasteiger partial charge in [0.25, 0.3) is 5.69 Å². The number of ketones is 1. The first-order chi connectivity index (χ1) is 12.0. The lowest BCUT2D eigenvalue weighted by molar-refractivity contribution is -0.384. The molecule has 0 bridgehead atoms. The van der Waals surface area contributed by atoms with E-state index in [9.17, 15) is 14.9 Å². The standard InChI is InChI=1S/C19H21NO5/c1-4-13(2)14-5-7-15(8-6-14)17(21)12-25-18-10-9-16(20(22)23)11-19(18)24-3/h5-11,13H,4,12H2,1-3H3. The molecule has 2 aromatic carbocycles. The SMILES string of the molecule is CCC(C)c1ccc(C(=O)COc2ccc([N+](=O)[O-])cc2OC)cc1. The summed E-state index contributed by atoms with van der Waals surface area (Å²) in [5, 5.41) is 10.8. The van der Waals surface area contributed by atoms with Crippen LogP contribution in [0.2, 0.25) is 0 Å². The molecule has 0 spiro atoms. The van der Waals surface area contributed by atoms with Crippen molar-refractivity contribution in [1.82, 2.24) is 0 Å². The Bertz CT molecular complexity index is 755. The highest BCUT2D eigenvalue weighted by atomic mass is 16.6. The molecular weight excluding hydrogens is 322 g/mol. The van der Waals surface area contributed by atoms with Crippen LogP contribution in [0.3, 0.4) is 0 Å². The molecule has 0 saturated carbocycles. The van der Waals surface area contributed by atoms with E-state index in [-0.39, 0.29) is 29.6 Å². The highest BCUT2D eigenvalue weighted by Gasteiger charge is 2.14. The molecule has 6 heteroatoms. The van der Waals surface area contributed by atoms with Gasteiger partial charge < -0.3 is 9.47 Å². The second-order valence-electron chi connectivity index (χ2n) is 5.74. The molecule has 0 amide bonds. The molecule has 0 aliphatic carbocycles. The van der Waals surface area contributed by atoms with Gasteiger partial charge >= 0.3 is 0 Å². The van der Waals surface area contributed by atoms with Gasteiger partial charge in [-0.15, -0.1) is 0 Å². The van der Waals surface area contributed by atoms with Crippen molar-refractivity contribution in [3.05, 3.63) is 63.7 Å². The fourth-order valence-corrected chi connectivity index (χ4v) is 2.35. The minimum atomic E-state index is -0.518. The zero-order valence-electron chi connectivity index (χ0n) is 14.5. The molecule has 25 heavy (non-hydrogen) atoms. The van der Waals surface area contributed by atoms with Gasteiger partial charge in [0.2, 0.25) is 0 Å². The van der Waals surface area contributed by atoms with Crippen LogP contribution in [0, 0.1) is 10.1 Å². The maximum atomic E-state index is 12.3. The summed E-state index contributed by atoms with van der Waals surface area (Å²) in [5.74, 6) is 0.785. The van der Waals surface area contributed by atoms with E-state index in [1.165, 1.54) is 30.9 Å². The number of rotatable bonds is 8. The maximum absolute atomic E-state index is 12.3. The summed E-state index contributed by atoms with van der Waals surface area (Å²) in [6, 6.07) is 11.5. The minimum Gasteiger partial charge on any atom is -0.493 e. The summed E-state index contributed by atoms with van der Waals surface area (Å²) >= 11 is 0. The van der Waals surface area contributed by atoms with Gasteiger partial charge in [-0.3, -0.25) is 14.9 Å². The number of non-ortho nitro benzene ring substituents is 1. The summed E-state index contributed by atoms with van der Waals surface area (Å²) in [7, 11) is 1.39. The third-order valence-corrected chi connectivity index (χ3v) is 4.13. The maximum Gasteiger partial charge on any atom is 0.273 e. The van der Waals surface area contributed by atoms with Crippen molar-refractivity contribution in [3.8, 4) is 11.5 Å². The number of hydrogen-bond donors (Lipinski definition) is 0. The van der Waals surface area contributed by atoms with Gasteiger partial charge in [0.05, 0.1) is 18.1 Å². The fourth-order valence-electron chi connectivity index (χ4n) is 2.35. The molecule has 132 valence electrons. The van der Waals surface area contributed by atoms with Crippen molar-refractivity contribution in [2.45, 2.75) is 26.2 Å². The number of Topliss-reactive ketones (excluding diaryl/α,β-unsaturated/α-hetero) is 1. The van der Waals surface area contributed by atoms with Crippen molar-refractivity contribution in [2.24, 2.45) is 0 Å². The highest BCUT2D eigenvalue weighted by molar-refractivity contribution is 5.97. The molecule has 0 radical (unpaired) electrons. The highest BCUT2D eigenvalue weighted by Crippen LogP contribution is 2.31. The van der Waals surface area contributed by atoms with Crippen LogP contribution < -0.4 is 9.47 Å². The van der Waals surface area contributed by atoms with E-state index in [4.69, 9.17) is 9.47 Å². The third-order valence-electron chi connectivity index (χ3n) is 4.13. The molecule has 6 nitrogen and oxygen atoms in total. The Morgan fingerprint density at radius 2 is 1.84 bits per heavy atom. The average molecular weight is 343 g/mol. The Kier molecular flexibility index (Phi) is 6.11. The number of benzene rings is 2. The Balaban J connectivity index is 2.05. The molecule has 0 aromatic heterocycles. The van der Waals surface area contributed by atoms with Gasteiger partial charge in [-0.05, 0) is 24.0 Å². The van der Waals surface area contributed by atoms with Crippen molar-refractivity contribution in [2.75, 3.05) is 13.7 Å². The van der Waals surface area contributed by atoms with Crippen LogP contribution >= 0.6 is 0 Å². The third kappa shape index (κ3) is 4.56. The summed E-state index contributed by atoms with van der Waals surface area (Å²) in [4.78, 5) is 22.5. The average Bonchev–Trinajstić information content (AvgIpc) is 2.65. The Hall–Kier alpha value is -2.89. The number of nitro groups is 1. The summed E-state index contributed by atoms with van der Waals surface area (Å²) in [6.45, 7) is 4.09. The van der Waals surface area contributed by atoms with Crippen LogP contribution in [0.5, 0.6) is 11.5 Å². The molecule has 1 atom stereocenters. The van der Waals surface area contributed by atoms with Crippen LogP contribution in [0.25, 0.3) is 0 Å². The molecule has 0 fully saturated rings. The monoisotopic (exact) mass is 343 g/mol. The fraction of sp³-hybridized carbons (Fsp3) is 0.316. The van der Waals surface area contributed by atoms with Crippen LogP contribution in [-0.2, 0) is 0 Å². The first-order valence-corrected chi connectivity index (χ1v) is 8.04. The number of ether oxygens (including phenoxy) is 2. The largest absolute Gasteiger partial charge is 0.493 e. The van der Waals surface area contributed by atoms with Gasteiger partial charge in [0.15, 0.2) is 23.9 Å². The van der Waals surface area contributed by atoms with E-state index in [2.05, 4.69) is 13.8 Å². The lowest BCUT2D eigenvalue weighted by Crippen LogP contribution is -2.12. The number of carbonyl (C=O) groups is 1. The summed E-state index contributed by atoms with van der Waals surface area (Å²) in [5.41, 5.74) is 1.65. The quantitative estimate of drug-likeness (QED) is 0.404. The van der Waals surface area contributed by atoms with Crippen LogP contribution in [0.15, 0.2) is 42.5 Å². The van der Waals surface area contributed by atoms with Gasteiger partial charge in [-0.1, -0.05) is 38.1 Å². The molecule has 0 heterocycles. The van der Waals surface area contributed by atoms with Gasteiger partial charge in [0.1, 0.15) is 0 Å². The number of hydrogen-bond acceptors (Lipinski definition) is 5. The Labute approximate surface area is 146 Å². The van der Waals surface area contributed by atoms with Gasteiger partial charge in [0, 0.05) is 11.6 Å². The van der Waals surface area contributed by atoms with E-state index in [0.717, 1.165) is 6.42 Å². The van der Waals surface area contributed by atoms with E-state index >= 15 is 0 Å². The first kappa shape index (κ1) is 18.4. The van der Waals surface area contributed by atoms with E-state index in [0.29, 0.717) is 11.5 Å².